The van der Waals surface area contributed by atoms with Gasteiger partial charge in [-0.25, -0.2) is 4.98 Å². The molecule has 40 heavy (non-hydrogen) atoms. The van der Waals surface area contributed by atoms with Crippen molar-refractivity contribution in [3.05, 3.63) is 51.7 Å². The Hall–Kier alpha value is -3.93. The molecule has 1 aromatic carbocycles. The van der Waals surface area contributed by atoms with E-state index in [1.165, 1.54) is 23.6 Å². The summed E-state index contributed by atoms with van der Waals surface area (Å²) >= 11 is 0. The maximum Gasteiger partial charge on any atom is 0.311 e. The van der Waals surface area contributed by atoms with Crippen LogP contribution in [-0.4, -0.2) is 89.5 Å². The van der Waals surface area contributed by atoms with Gasteiger partial charge in [0, 0.05) is 59.1 Å². The predicted molar refractivity (Wildman–Crippen MR) is 148 cm³/mol. The first-order chi connectivity index (χ1) is 19.1. The van der Waals surface area contributed by atoms with Gasteiger partial charge in [0.15, 0.2) is 5.69 Å². The number of anilines is 1. The van der Waals surface area contributed by atoms with Crippen LogP contribution in [0.25, 0.3) is 0 Å². The van der Waals surface area contributed by atoms with Gasteiger partial charge < -0.3 is 30.4 Å². The number of likely N-dealkylation sites (N-methyl/N-ethyl adjacent to an activating group) is 2. The normalized spacial score (nSPS) is 22.3. The SMILES string of the molecule is CN1CCN(c2cccc(CNC(=O)c3nc4n(c(=O)c3O)CC3CCC4(NC(=O)C(=O)N(C)C)CC3)c2)CC1. The molecule has 2 aromatic rings. The van der Waals surface area contributed by atoms with E-state index in [0.717, 1.165) is 37.4 Å². The number of benzene rings is 1. The second-order valence-electron chi connectivity index (χ2n) is 11.4. The lowest BCUT2D eigenvalue weighted by Gasteiger charge is -2.37. The molecule has 12 heteroatoms. The Labute approximate surface area is 233 Å². The first kappa shape index (κ1) is 27.6. The Bertz CT molecular complexity index is 1370. The molecule has 1 aliphatic carbocycles. The van der Waals surface area contributed by atoms with Crippen LogP contribution in [0.4, 0.5) is 5.69 Å². The van der Waals surface area contributed by atoms with E-state index < -0.39 is 34.6 Å². The lowest BCUT2D eigenvalue weighted by atomic mass is 9.77. The number of rotatable bonds is 5. The Morgan fingerprint density at radius 1 is 1.12 bits per heavy atom. The van der Waals surface area contributed by atoms with E-state index in [2.05, 4.69) is 32.5 Å². The minimum Gasteiger partial charge on any atom is -0.501 e. The Balaban J connectivity index is 1.40. The maximum absolute atomic E-state index is 13.3. The number of aromatic hydroxyl groups is 1. The molecule has 4 heterocycles. The average molecular weight is 552 g/mol. The third kappa shape index (κ3) is 5.27. The van der Waals surface area contributed by atoms with E-state index in [9.17, 15) is 24.3 Å². The predicted octanol–water partition coefficient (Wildman–Crippen LogP) is 0.234. The highest BCUT2D eigenvalue weighted by atomic mass is 16.3. The molecule has 3 N–H and O–H groups in total. The molecule has 0 atom stereocenters. The van der Waals surface area contributed by atoms with Gasteiger partial charge in [-0.05, 0) is 56.3 Å². The van der Waals surface area contributed by atoms with Crippen LogP contribution < -0.4 is 21.1 Å². The summed E-state index contributed by atoms with van der Waals surface area (Å²) in [7, 11) is 5.08. The molecule has 1 saturated carbocycles. The van der Waals surface area contributed by atoms with E-state index in [-0.39, 0.29) is 24.0 Å². The zero-order valence-electron chi connectivity index (χ0n) is 23.3. The fourth-order valence-corrected chi connectivity index (χ4v) is 5.92. The van der Waals surface area contributed by atoms with Gasteiger partial charge in [-0.2, -0.15) is 0 Å². The number of piperazine rings is 1. The summed E-state index contributed by atoms with van der Waals surface area (Å²) in [5.41, 5.74) is -0.248. The second-order valence-corrected chi connectivity index (χ2v) is 11.4. The summed E-state index contributed by atoms with van der Waals surface area (Å²) in [6, 6.07) is 7.92. The average Bonchev–Trinajstić information content (AvgIpc) is 3.19. The molecule has 4 aliphatic rings. The Kier molecular flexibility index (Phi) is 7.54. The molecule has 1 saturated heterocycles. The summed E-state index contributed by atoms with van der Waals surface area (Å²) in [4.78, 5) is 62.0. The Morgan fingerprint density at radius 2 is 1.82 bits per heavy atom. The lowest BCUT2D eigenvalue weighted by Crippen LogP contribution is -2.53. The maximum atomic E-state index is 13.3. The molecule has 3 aliphatic heterocycles. The number of hydrogen-bond donors (Lipinski definition) is 3. The van der Waals surface area contributed by atoms with E-state index in [1.807, 2.05) is 24.3 Å². The van der Waals surface area contributed by atoms with Gasteiger partial charge in [-0.3, -0.25) is 23.7 Å². The fraction of sp³-hybridized carbons (Fsp3) is 0.536. The number of aromatic nitrogens is 2. The van der Waals surface area contributed by atoms with E-state index in [1.54, 1.807) is 0 Å². The van der Waals surface area contributed by atoms with Gasteiger partial charge in [0.05, 0.1) is 5.54 Å². The molecular weight excluding hydrogens is 514 g/mol. The molecular formula is C28H37N7O5. The van der Waals surface area contributed by atoms with Crippen molar-refractivity contribution in [2.75, 3.05) is 52.2 Å². The smallest absolute Gasteiger partial charge is 0.311 e. The van der Waals surface area contributed by atoms with Gasteiger partial charge >= 0.3 is 11.8 Å². The number of amides is 3. The number of carbonyl (C=O) groups is 3. The zero-order chi connectivity index (χ0) is 28.6. The highest BCUT2D eigenvalue weighted by Crippen LogP contribution is 2.43. The molecule has 3 amide bonds. The summed E-state index contributed by atoms with van der Waals surface area (Å²) in [6.07, 6.45) is 2.37. The molecule has 12 nitrogen and oxygen atoms in total. The van der Waals surface area contributed by atoms with Crippen LogP contribution in [0, 0.1) is 5.92 Å². The molecule has 1 aromatic heterocycles. The molecule has 2 fully saturated rings. The first-order valence-electron chi connectivity index (χ1n) is 13.8. The third-order valence-corrected chi connectivity index (χ3v) is 8.37. The van der Waals surface area contributed by atoms with E-state index >= 15 is 0 Å². The number of fused-ring (bicyclic) bond motifs is 2. The quantitative estimate of drug-likeness (QED) is 0.449. The van der Waals surface area contributed by atoms with Gasteiger partial charge in [-0.1, -0.05) is 12.1 Å². The number of carbonyl (C=O) groups excluding carboxylic acids is 3. The van der Waals surface area contributed by atoms with Crippen molar-refractivity contribution >= 4 is 23.4 Å². The van der Waals surface area contributed by atoms with Crippen molar-refractivity contribution in [1.29, 1.82) is 0 Å². The van der Waals surface area contributed by atoms with Gasteiger partial charge in [-0.15, -0.1) is 0 Å². The lowest BCUT2D eigenvalue weighted by molar-refractivity contribution is -0.145. The van der Waals surface area contributed by atoms with Gasteiger partial charge in [0.2, 0.25) is 5.75 Å². The highest BCUT2D eigenvalue weighted by molar-refractivity contribution is 6.35. The molecule has 0 radical (unpaired) electrons. The molecule has 6 rings (SSSR count). The van der Waals surface area contributed by atoms with Crippen LogP contribution in [0.2, 0.25) is 0 Å². The molecule has 0 spiro atoms. The van der Waals surface area contributed by atoms with Gasteiger partial charge in [0.25, 0.3) is 11.5 Å². The number of nitrogens with zero attached hydrogens (tertiary/aromatic N) is 5. The molecule has 2 bridgehead atoms. The minimum absolute atomic E-state index is 0.169. The van der Waals surface area contributed by atoms with Crippen LogP contribution in [0.15, 0.2) is 29.1 Å². The molecule has 214 valence electrons. The van der Waals surface area contributed by atoms with Gasteiger partial charge in [0.1, 0.15) is 5.82 Å². The van der Waals surface area contributed by atoms with E-state index in [4.69, 9.17) is 0 Å². The zero-order valence-corrected chi connectivity index (χ0v) is 23.3. The van der Waals surface area contributed by atoms with Crippen LogP contribution >= 0.6 is 0 Å². The number of nitrogens with one attached hydrogen (secondary N) is 2. The first-order valence-corrected chi connectivity index (χ1v) is 13.8. The highest BCUT2D eigenvalue weighted by Gasteiger charge is 2.46. The van der Waals surface area contributed by atoms with Crippen molar-refractivity contribution in [1.82, 2.24) is 30.0 Å². The monoisotopic (exact) mass is 551 g/mol. The minimum atomic E-state index is -1.09. The summed E-state index contributed by atoms with van der Waals surface area (Å²) in [6.45, 7) is 4.30. The van der Waals surface area contributed by atoms with Crippen LogP contribution in [0.3, 0.4) is 0 Å². The van der Waals surface area contributed by atoms with Crippen LogP contribution in [0.1, 0.15) is 47.6 Å². The third-order valence-electron chi connectivity index (χ3n) is 8.37. The molecule has 0 unspecified atom stereocenters. The topological polar surface area (TPSA) is 140 Å². The Morgan fingerprint density at radius 3 is 2.50 bits per heavy atom. The second kappa shape index (κ2) is 10.9. The standard InChI is InChI=1S/C28H37N7O5/c1-32(2)26(40)24(38)31-28-9-7-18(8-10-28)17-35-25(39)22(36)21(30-27(28)35)23(37)29-16-19-5-4-6-20(15-19)34-13-11-33(3)12-14-34/h4-6,15,18,36H,7-14,16-17H2,1-3H3,(H,29,37)(H,31,38). The summed E-state index contributed by atoms with van der Waals surface area (Å²) < 4.78 is 1.36. The van der Waals surface area contributed by atoms with Crippen molar-refractivity contribution in [3.8, 4) is 5.75 Å². The fourth-order valence-electron chi connectivity index (χ4n) is 5.92. The van der Waals surface area contributed by atoms with Crippen molar-refractivity contribution in [2.45, 2.75) is 44.3 Å². The van der Waals surface area contributed by atoms with E-state index in [0.29, 0.717) is 32.2 Å². The van der Waals surface area contributed by atoms with Crippen molar-refractivity contribution in [3.63, 3.8) is 0 Å². The van der Waals surface area contributed by atoms with Crippen LogP contribution in [0.5, 0.6) is 5.75 Å². The summed E-state index contributed by atoms with van der Waals surface area (Å²) in [5, 5.41) is 16.4. The van der Waals surface area contributed by atoms with Crippen molar-refractivity contribution < 1.29 is 19.5 Å². The van der Waals surface area contributed by atoms with Crippen molar-refractivity contribution in [2.24, 2.45) is 5.92 Å². The van der Waals surface area contributed by atoms with Crippen LogP contribution in [-0.2, 0) is 28.2 Å². The number of hydrogen-bond acceptors (Lipinski definition) is 8. The largest absolute Gasteiger partial charge is 0.501 e. The summed E-state index contributed by atoms with van der Waals surface area (Å²) in [5.74, 6) is -2.55.